The second-order valence-electron chi connectivity index (χ2n) is 7.44. The smallest absolute Gasteiger partial charge is 0.158 e. The minimum absolute atomic E-state index is 0.133. The summed E-state index contributed by atoms with van der Waals surface area (Å²) in [6.45, 7) is 10.3. The van der Waals surface area contributed by atoms with E-state index in [1.54, 1.807) is 13.0 Å². The van der Waals surface area contributed by atoms with Crippen LogP contribution in [0, 0.1) is 24.1 Å². The van der Waals surface area contributed by atoms with Crippen molar-refractivity contribution in [2.75, 3.05) is 0 Å². The molecular weight excluding hydrogens is 287 g/mol. The number of hydrogen-bond donors (Lipinski definition) is 0. The molecule has 2 rings (SSSR count). The Kier molecular flexibility index (Phi) is 5.78. The molecule has 0 heterocycles. The van der Waals surface area contributed by atoms with Crippen LogP contribution in [-0.2, 0) is 11.2 Å². The molecule has 0 saturated heterocycles. The molecule has 1 aromatic carbocycles. The van der Waals surface area contributed by atoms with E-state index in [2.05, 4.69) is 20.4 Å². The van der Waals surface area contributed by atoms with Crippen LogP contribution >= 0.6 is 0 Å². The summed E-state index contributed by atoms with van der Waals surface area (Å²) < 4.78 is 13.6. The molecule has 0 aromatic heterocycles. The van der Waals surface area contributed by atoms with Crippen molar-refractivity contribution in [3.05, 3.63) is 47.3 Å². The molecule has 2 unspecified atom stereocenters. The maximum Gasteiger partial charge on any atom is 0.158 e. The number of ketones is 1. The van der Waals surface area contributed by atoms with E-state index in [1.807, 2.05) is 6.07 Å². The molecule has 0 aliphatic heterocycles. The number of benzene rings is 1. The van der Waals surface area contributed by atoms with Crippen molar-refractivity contribution in [3.63, 3.8) is 0 Å². The van der Waals surface area contributed by atoms with E-state index in [4.69, 9.17) is 0 Å². The minimum Gasteiger partial charge on any atom is -0.295 e. The molecule has 1 aliphatic rings. The highest BCUT2D eigenvalue weighted by Gasteiger charge is 2.37. The monoisotopic (exact) mass is 316 g/mol. The molecule has 126 valence electrons. The maximum atomic E-state index is 13.6. The average molecular weight is 316 g/mol. The largest absolute Gasteiger partial charge is 0.295 e. The lowest BCUT2D eigenvalue weighted by Crippen LogP contribution is -2.22. The summed E-state index contributed by atoms with van der Waals surface area (Å²) in [4.78, 5) is 12.4. The normalized spacial score (nSPS) is 23.9. The maximum absolute atomic E-state index is 13.6. The zero-order valence-electron chi connectivity index (χ0n) is 14.8. The summed E-state index contributed by atoms with van der Waals surface area (Å²) in [6.07, 6.45) is 6.98. The van der Waals surface area contributed by atoms with E-state index in [9.17, 15) is 9.18 Å². The lowest BCUT2D eigenvalue weighted by molar-refractivity contribution is -0.116. The zero-order chi connectivity index (χ0) is 17.0. The van der Waals surface area contributed by atoms with Crippen LogP contribution in [0.25, 0.3) is 0 Å². The van der Waals surface area contributed by atoms with Gasteiger partial charge in [-0.3, -0.25) is 4.79 Å². The molecule has 23 heavy (non-hydrogen) atoms. The number of carbonyl (C=O) groups is 1. The van der Waals surface area contributed by atoms with Crippen LogP contribution in [0.3, 0.4) is 0 Å². The number of allylic oxidation sites excluding steroid dienone is 1. The Morgan fingerprint density at radius 3 is 2.83 bits per heavy atom. The van der Waals surface area contributed by atoms with Gasteiger partial charge in [-0.25, -0.2) is 4.39 Å². The Hall–Kier alpha value is -1.44. The first-order valence-corrected chi connectivity index (χ1v) is 8.81. The molecule has 1 saturated carbocycles. The second kappa shape index (κ2) is 7.42. The summed E-state index contributed by atoms with van der Waals surface area (Å²) in [5.41, 5.74) is 2.36. The van der Waals surface area contributed by atoms with Gasteiger partial charge in [0, 0.05) is 12.8 Å². The van der Waals surface area contributed by atoms with E-state index in [1.165, 1.54) is 31.7 Å². The fraction of sp³-hybridized carbons (Fsp3) is 0.571. The predicted octanol–water partition coefficient (Wildman–Crippen LogP) is 5.80. The Bertz CT molecular complexity index is 590. The molecular formula is C21H29FO. The van der Waals surface area contributed by atoms with E-state index in [0.717, 1.165) is 17.9 Å². The molecule has 0 bridgehead atoms. The van der Waals surface area contributed by atoms with Crippen LogP contribution in [0.2, 0.25) is 0 Å². The van der Waals surface area contributed by atoms with Crippen molar-refractivity contribution in [1.82, 2.24) is 0 Å². The van der Waals surface area contributed by atoms with Crippen molar-refractivity contribution in [3.8, 4) is 0 Å². The summed E-state index contributed by atoms with van der Waals surface area (Å²) in [7, 11) is 0. The molecule has 0 spiro atoms. The molecule has 0 N–H and O–H groups in total. The van der Waals surface area contributed by atoms with Crippen LogP contribution in [0.15, 0.2) is 30.4 Å². The van der Waals surface area contributed by atoms with Gasteiger partial charge in [0.25, 0.3) is 0 Å². The van der Waals surface area contributed by atoms with Crippen LogP contribution < -0.4 is 0 Å². The number of carbonyl (C=O) groups excluding carboxylic acids is 1. The molecule has 1 aliphatic carbocycles. The second-order valence-corrected chi connectivity index (χ2v) is 7.44. The first kappa shape index (κ1) is 17.9. The number of rotatable bonds is 7. The SMILES string of the molecule is C=C(Cc1ccc(C)c(F)c1)C(=O)CCC1(C)CCCC1CC. The first-order valence-electron chi connectivity index (χ1n) is 8.81. The van der Waals surface area contributed by atoms with E-state index in [-0.39, 0.29) is 11.6 Å². The van der Waals surface area contributed by atoms with Gasteiger partial charge in [-0.1, -0.05) is 45.4 Å². The van der Waals surface area contributed by atoms with Gasteiger partial charge in [0.1, 0.15) is 5.82 Å². The molecule has 2 atom stereocenters. The quantitative estimate of drug-likeness (QED) is 0.581. The van der Waals surface area contributed by atoms with Crippen LogP contribution in [-0.4, -0.2) is 5.78 Å². The van der Waals surface area contributed by atoms with Gasteiger partial charge < -0.3 is 0 Å². The van der Waals surface area contributed by atoms with Gasteiger partial charge in [-0.05, 0) is 60.3 Å². The van der Waals surface area contributed by atoms with Gasteiger partial charge >= 0.3 is 0 Å². The third kappa shape index (κ3) is 4.31. The summed E-state index contributed by atoms with van der Waals surface area (Å²) in [5, 5.41) is 0. The fourth-order valence-electron chi connectivity index (χ4n) is 4.00. The number of hydrogen-bond acceptors (Lipinski definition) is 1. The van der Waals surface area contributed by atoms with Gasteiger partial charge in [-0.15, -0.1) is 0 Å². The Labute approximate surface area is 140 Å². The molecule has 1 nitrogen and oxygen atoms in total. The highest BCUT2D eigenvalue weighted by Crippen LogP contribution is 2.48. The minimum atomic E-state index is -0.216. The summed E-state index contributed by atoms with van der Waals surface area (Å²) >= 11 is 0. The van der Waals surface area contributed by atoms with Gasteiger partial charge in [0.05, 0.1) is 0 Å². The predicted molar refractivity (Wildman–Crippen MR) is 94.0 cm³/mol. The van der Waals surface area contributed by atoms with E-state index in [0.29, 0.717) is 29.4 Å². The lowest BCUT2D eigenvalue weighted by Gasteiger charge is -2.31. The topological polar surface area (TPSA) is 17.1 Å². The van der Waals surface area contributed by atoms with Crippen molar-refractivity contribution < 1.29 is 9.18 Å². The van der Waals surface area contributed by atoms with Crippen LogP contribution in [0.1, 0.15) is 63.5 Å². The molecule has 0 radical (unpaired) electrons. The van der Waals surface area contributed by atoms with Crippen LogP contribution in [0.4, 0.5) is 4.39 Å². The zero-order valence-corrected chi connectivity index (χ0v) is 14.8. The first-order chi connectivity index (χ1) is 10.9. The number of aryl methyl sites for hydroxylation is 1. The molecule has 1 fully saturated rings. The Morgan fingerprint density at radius 2 is 2.17 bits per heavy atom. The lowest BCUT2D eigenvalue weighted by atomic mass is 9.74. The van der Waals surface area contributed by atoms with E-state index < -0.39 is 0 Å². The molecule has 0 amide bonds. The van der Waals surface area contributed by atoms with Gasteiger partial charge in [0.2, 0.25) is 0 Å². The third-order valence-electron chi connectivity index (χ3n) is 5.75. The number of Topliss-reactive ketones (excluding diaryl/α,β-unsaturated/α-hetero) is 1. The van der Waals surface area contributed by atoms with Crippen molar-refractivity contribution in [1.29, 1.82) is 0 Å². The van der Waals surface area contributed by atoms with Crippen molar-refractivity contribution in [2.24, 2.45) is 11.3 Å². The fourth-order valence-corrected chi connectivity index (χ4v) is 4.00. The van der Waals surface area contributed by atoms with Crippen molar-refractivity contribution >= 4 is 5.78 Å². The number of halogens is 1. The van der Waals surface area contributed by atoms with Crippen LogP contribution in [0.5, 0.6) is 0 Å². The third-order valence-corrected chi connectivity index (χ3v) is 5.75. The van der Waals surface area contributed by atoms with E-state index >= 15 is 0 Å². The summed E-state index contributed by atoms with van der Waals surface area (Å²) in [5.74, 6) is 0.663. The standard InChI is InChI=1S/C21H29FO/c1-5-18-7-6-11-21(18,4)12-10-20(23)16(3)13-17-9-8-15(2)19(22)14-17/h8-9,14,18H,3,5-7,10-13H2,1-2,4H3. The Morgan fingerprint density at radius 1 is 1.43 bits per heavy atom. The molecule has 2 heteroatoms. The highest BCUT2D eigenvalue weighted by molar-refractivity contribution is 5.95. The summed E-state index contributed by atoms with van der Waals surface area (Å²) in [6, 6.07) is 5.15. The highest BCUT2D eigenvalue weighted by atomic mass is 19.1. The average Bonchev–Trinajstić information content (AvgIpc) is 2.89. The van der Waals surface area contributed by atoms with Crippen molar-refractivity contribution in [2.45, 2.75) is 65.7 Å². The van der Waals surface area contributed by atoms with Gasteiger partial charge in [0.15, 0.2) is 5.78 Å². The Balaban J connectivity index is 1.90. The molecule has 1 aromatic rings. The van der Waals surface area contributed by atoms with Gasteiger partial charge in [-0.2, -0.15) is 0 Å².